The Bertz CT molecular complexity index is 522. The second kappa shape index (κ2) is 6.04. The van der Waals surface area contributed by atoms with E-state index in [1.807, 2.05) is 30.6 Å². The zero-order valence-electron chi connectivity index (χ0n) is 10.5. The molecule has 3 heteroatoms. The van der Waals surface area contributed by atoms with Gasteiger partial charge in [0.2, 0.25) is 0 Å². The van der Waals surface area contributed by atoms with Crippen molar-refractivity contribution in [2.45, 2.75) is 13.0 Å². The van der Waals surface area contributed by atoms with E-state index in [1.54, 1.807) is 0 Å². The highest BCUT2D eigenvalue weighted by atomic mass is 15.1. The van der Waals surface area contributed by atoms with Crippen LogP contribution < -0.4 is 5.32 Å². The first-order valence-corrected chi connectivity index (χ1v) is 6.05. The number of hydrogen-bond acceptors (Lipinski definition) is 2. The lowest BCUT2D eigenvalue weighted by Crippen LogP contribution is -2.23. The van der Waals surface area contributed by atoms with Crippen LogP contribution in [0.25, 0.3) is 11.4 Å². The Kier molecular flexibility index (Phi) is 4.16. The van der Waals surface area contributed by atoms with Crippen LogP contribution in [0, 0.1) is 12.3 Å². The van der Waals surface area contributed by atoms with Crippen LogP contribution in [0.15, 0.2) is 42.7 Å². The van der Waals surface area contributed by atoms with Gasteiger partial charge in [0, 0.05) is 30.5 Å². The van der Waals surface area contributed by atoms with Gasteiger partial charge in [-0.05, 0) is 6.92 Å². The van der Waals surface area contributed by atoms with Crippen LogP contribution in [0.4, 0.5) is 0 Å². The maximum atomic E-state index is 5.22. The number of aromatic nitrogens is 2. The quantitative estimate of drug-likeness (QED) is 0.641. The fourth-order valence-corrected chi connectivity index (χ4v) is 1.93. The second-order valence-corrected chi connectivity index (χ2v) is 4.21. The molecule has 0 amide bonds. The van der Waals surface area contributed by atoms with E-state index in [0.29, 0.717) is 12.6 Å². The van der Waals surface area contributed by atoms with Gasteiger partial charge in [-0.25, -0.2) is 4.98 Å². The SMILES string of the molecule is C#CCNCC(C)n1ccnc1-c1ccccc1. The zero-order chi connectivity index (χ0) is 12.8. The molecule has 1 aromatic carbocycles. The van der Waals surface area contributed by atoms with Crippen LogP contribution >= 0.6 is 0 Å². The van der Waals surface area contributed by atoms with E-state index < -0.39 is 0 Å². The smallest absolute Gasteiger partial charge is 0.140 e. The lowest BCUT2D eigenvalue weighted by atomic mass is 10.2. The predicted molar refractivity (Wildman–Crippen MR) is 74.1 cm³/mol. The Hall–Kier alpha value is -2.05. The molecule has 2 rings (SSSR count). The van der Waals surface area contributed by atoms with Crippen LogP contribution in [0.3, 0.4) is 0 Å². The molecule has 1 unspecified atom stereocenters. The van der Waals surface area contributed by atoms with Gasteiger partial charge >= 0.3 is 0 Å². The summed E-state index contributed by atoms with van der Waals surface area (Å²) < 4.78 is 2.17. The van der Waals surface area contributed by atoms with Crippen LogP contribution in [0.1, 0.15) is 13.0 Å². The van der Waals surface area contributed by atoms with E-state index in [9.17, 15) is 0 Å². The third kappa shape index (κ3) is 2.79. The van der Waals surface area contributed by atoms with Crippen molar-refractivity contribution in [3.05, 3.63) is 42.7 Å². The molecule has 0 aliphatic heterocycles. The van der Waals surface area contributed by atoms with Crippen molar-refractivity contribution >= 4 is 0 Å². The summed E-state index contributed by atoms with van der Waals surface area (Å²) in [6, 6.07) is 10.5. The number of terminal acetylenes is 1. The lowest BCUT2D eigenvalue weighted by molar-refractivity contribution is 0.513. The highest BCUT2D eigenvalue weighted by Crippen LogP contribution is 2.20. The Morgan fingerprint density at radius 3 is 2.89 bits per heavy atom. The van der Waals surface area contributed by atoms with Gasteiger partial charge in [0.1, 0.15) is 5.82 Å². The molecule has 18 heavy (non-hydrogen) atoms. The van der Waals surface area contributed by atoms with Crippen molar-refractivity contribution in [3.8, 4) is 23.7 Å². The fourth-order valence-electron chi connectivity index (χ4n) is 1.93. The first kappa shape index (κ1) is 12.4. The first-order chi connectivity index (χ1) is 8.83. The molecule has 0 fully saturated rings. The van der Waals surface area contributed by atoms with E-state index in [4.69, 9.17) is 6.42 Å². The predicted octanol–water partition coefficient (Wildman–Crippen LogP) is 2.33. The minimum absolute atomic E-state index is 0.316. The number of hydrogen-bond donors (Lipinski definition) is 1. The molecule has 3 nitrogen and oxygen atoms in total. The van der Waals surface area contributed by atoms with E-state index in [-0.39, 0.29) is 0 Å². The van der Waals surface area contributed by atoms with Crippen molar-refractivity contribution < 1.29 is 0 Å². The number of imidazole rings is 1. The molecule has 0 spiro atoms. The third-order valence-corrected chi connectivity index (χ3v) is 2.84. The van der Waals surface area contributed by atoms with Gasteiger partial charge in [0.15, 0.2) is 0 Å². The van der Waals surface area contributed by atoms with E-state index in [0.717, 1.165) is 17.9 Å². The summed E-state index contributed by atoms with van der Waals surface area (Å²) in [4.78, 5) is 4.43. The minimum Gasteiger partial charge on any atom is -0.327 e. The summed E-state index contributed by atoms with van der Waals surface area (Å²) >= 11 is 0. The van der Waals surface area contributed by atoms with Crippen LogP contribution in [-0.4, -0.2) is 22.6 Å². The van der Waals surface area contributed by atoms with Gasteiger partial charge < -0.3 is 9.88 Å². The number of nitrogens with one attached hydrogen (secondary N) is 1. The molecule has 0 saturated carbocycles. The Labute approximate surface area is 108 Å². The maximum absolute atomic E-state index is 5.22. The van der Waals surface area contributed by atoms with Crippen molar-refractivity contribution in [2.75, 3.05) is 13.1 Å². The van der Waals surface area contributed by atoms with Gasteiger partial charge in [-0.2, -0.15) is 0 Å². The van der Waals surface area contributed by atoms with E-state index in [2.05, 4.69) is 39.8 Å². The summed E-state index contributed by atoms with van der Waals surface area (Å²) in [7, 11) is 0. The molecule has 2 aromatic rings. The molecular weight excluding hydrogens is 222 g/mol. The highest BCUT2D eigenvalue weighted by molar-refractivity contribution is 5.55. The van der Waals surface area contributed by atoms with Gasteiger partial charge in [-0.15, -0.1) is 6.42 Å². The summed E-state index contributed by atoms with van der Waals surface area (Å²) in [5, 5.41) is 3.22. The molecule has 0 aliphatic rings. The summed E-state index contributed by atoms with van der Waals surface area (Å²) in [6.07, 6.45) is 9.06. The molecule has 0 radical (unpaired) electrons. The van der Waals surface area contributed by atoms with Gasteiger partial charge in [0.05, 0.1) is 6.54 Å². The van der Waals surface area contributed by atoms with Crippen LogP contribution in [-0.2, 0) is 0 Å². The second-order valence-electron chi connectivity index (χ2n) is 4.21. The molecule has 1 atom stereocenters. The average Bonchev–Trinajstić information content (AvgIpc) is 2.89. The molecule has 0 saturated heterocycles. The van der Waals surface area contributed by atoms with Gasteiger partial charge in [-0.3, -0.25) is 0 Å². The summed E-state index contributed by atoms with van der Waals surface area (Å²) in [5.74, 6) is 3.57. The average molecular weight is 239 g/mol. The first-order valence-electron chi connectivity index (χ1n) is 6.05. The van der Waals surface area contributed by atoms with Gasteiger partial charge in [-0.1, -0.05) is 36.3 Å². The molecule has 92 valence electrons. The fraction of sp³-hybridized carbons (Fsp3) is 0.267. The normalized spacial score (nSPS) is 12.0. The minimum atomic E-state index is 0.316. The number of nitrogens with zero attached hydrogens (tertiary/aromatic N) is 2. The van der Waals surface area contributed by atoms with Crippen molar-refractivity contribution in [1.29, 1.82) is 0 Å². The van der Waals surface area contributed by atoms with Crippen LogP contribution in [0.2, 0.25) is 0 Å². The van der Waals surface area contributed by atoms with Crippen molar-refractivity contribution in [3.63, 3.8) is 0 Å². The lowest BCUT2D eigenvalue weighted by Gasteiger charge is -2.16. The molecule has 0 aliphatic carbocycles. The number of benzene rings is 1. The Balaban J connectivity index is 2.15. The standard InChI is InChI=1S/C15H17N3/c1-3-9-16-12-13(2)18-11-10-17-15(18)14-7-5-4-6-8-14/h1,4-8,10-11,13,16H,9,12H2,2H3. The Morgan fingerprint density at radius 1 is 1.39 bits per heavy atom. The topological polar surface area (TPSA) is 29.9 Å². The molecule has 0 bridgehead atoms. The Morgan fingerprint density at radius 2 is 2.17 bits per heavy atom. The summed E-state index contributed by atoms with van der Waals surface area (Å²) in [6.45, 7) is 3.58. The van der Waals surface area contributed by atoms with Crippen LogP contribution in [0.5, 0.6) is 0 Å². The maximum Gasteiger partial charge on any atom is 0.140 e. The van der Waals surface area contributed by atoms with Crippen molar-refractivity contribution in [1.82, 2.24) is 14.9 Å². The molecular formula is C15H17N3. The summed E-state index contributed by atoms with van der Waals surface area (Å²) in [5.41, 5.74) is 1.13. The van der Waals surface area contributed by atoms with Crippen molar-refractivity contribution in [2.24, 2.45) is 0 Å². The highest BCUT2D eigenvalue weighted by Gasteiger charge is 2.10. The molecule has 1 N–H and O–H groups in total. The zero-order valence-corrected chi connectivity index (χ0v) is 10.5. The van der Waals surface area contributed by atoms with Gasteiger partial charge in [0.25, 0.3) is 0 Å². The third-order valence-electron chi connectivity index (χ3n) is 2.84. The van der Waals surface area contributed by atoms with E-state index >= 15 is 0 Å². The number of rotatable bonds is 5. The van der Waals surface area contributed by atoms with E-state index in [1.165, 1.54) is 0 Å². The molecule has 1 aromatic heterocycles. The largest absolute Gasteiger partial charge is 0.327 e. The monoisotopic (exact) mass is 239 g/mol. The molecule has 1 heterocycles.